The molecule has 21 nitrogen and oxygen atoms in total. The van der Waals surface area contributed by atoms with Gasteiger partial charge in [0.15, 0.2) is 29.8 Å². The van der Waals surface area contributed by atoms with Crippen molar-refractivity contribution in [2.24, 2.45) is 0 Å². The van der Waals surface area contributed by atoms with Crippen LogP contribution in [-0.4, -0.2) is 129 Å². The number of aromatic nitrogens is 4. The molecule has 43 heavy (non-hydrogen) atoms. The average Bonchev–Trinajstić information content (AvgIpc) is 3.57. The number of hydrogen-bond acceptors (Lipinski definition) is 18. The van der Waals surface area contributed by atoms with Crippen LogP contribution < -0.4 is 5.73 Å². The van der Waals surface area contributed by atoms with Gasteiger partial charge in [0.2, 0.25) is 0 Å². The number of imidazole rings is 1. The molecule has 0 spiro atoms. The smallest absolute Gasteiger partial charge is 0.394 e. The van der Waals surface area contributed by atoms with Crippen LogP contribution in [-0.2, 0) is 41.4 Å². The lowest BCUT2D eigenvalue weighted by atomic mass is 9.96. The van der Waals surface area contributed by atoms with Gasteiger partial charge < -0.3 is 60.0 Å². The highest BCUT2D eigenvalue weighted by molar-refractivity contribution is 7.61. The zero-order valence-electron chi connectivity index (χ0n) is 22.4. The Morgan fingerprint density at radius 3 is 2.44 bits per heavy atom. The van der Waals surface area contributed by atoms with Crippen LogP contribution in [0.2, 0.25) is 0 Å². The zero-order chi connectivity index (χ0) is 31.5. The third-order valence-corrected chi connectivity index (χ3v) is 9.38. The zero-order valence-corrected chi connectivity index (χ0v) is 24.2. The summed E-state index contributed by atoms with van der Waals surface area (Å²) in [6, 6.07) is 0. The first kappa shape index (κ1) is 32.6. The molecule has 3 aliphatic rings. The molecule has 0 amide bonds. The fraction of sp³-hybridized carbons (Fsp3) is 0.750. The Balaban J connectivity index is 1.38. The van der Waals surface area contributed by atoms with E-state index in [9.17, 15) is 44.4 Å². The Hall–Kier alpha value is -1.75. The van der Waals surface area contributed by atoms with Crippen LogP contribution in [0.5, 0.6) is 0 Å². The monoisotopic (exact) mass is 659 g/mol. The fourth-order valence-electron chi connectivity index (χ4n) is 4.95. The van der Waals surface area contributed by atoms with Gasteiger partial charge in [-0.2, -0.15) is 4.31 Å². The maximum Gasteiger partial charge on any atom is 0.486 e. The van der Waals surface area contributed by atoms with Crippen LogP contribution in [0, 0.1) is 0 Å². The number of nitrogen functional groups attached to an aromatic ring is 1. The van der Waals surface area contributed by atoms with E-state index in [1.807, 2.05) is 0 Å². The number of phosphoric acid groups is 2. The van der Waals surface area contributed by atoms with Crippen molar-refractivity contribution in [2.75, 3.05) is 18.9 Å². The molecular weight excluding hydrogens is 628 g/mol. The molecule has 2 aromatic rings. The summed E-state index contributed by atoms with van der Waals surface area (Å²) in [6.45, 7) is 1.51. The van der Waals surface area contributed by atoms with Crippen LogP contribution in [0.15, 0.2) is 12.7 Å². The molecule has 242 valence electrons. The van der Waals surface area contributed by atoms with Crippen LogP contribution in [0.1, 0.15) is 20.1 Å². The Morgan fingerprint density at radius 1 is 1.07 bits per heavy atom. The lowest BCUT2D eigenvalue weighted by Crippen LogP contribution is -2.61. The molecule has 2 aromatic heterocycles. The molecule has 3 aliphatic heterocycles. The van der Waals surface area contributed by atoms with Crippen molar-refractivity contribution in [3.63, 3.8) is 0 Å². The molecule has 3 fully saturated rings. The highest BCUT2D eigenvalue weighted by atomic mass is 31.3. The first-order valence-electron chi connectivity index (χ1n) is 12.6. The van der Waals surface area contributed by atoms with Crippen molar-refractivity contribution < 1.29 is 76.8 Å². The predicted molar refractivity (Wildman–Crippen MR) is 135 cm³/mol. The summed E-state index contributed by atoms with van der Waals surface area (Å²) in [5.41, 5.74) is 6.44. The summed E-state index contributed by atoms with van der Waals surface area (Å²) >= 11 is 0. The molecule has 9 N–H and O–H groups in total. The van der Waals surface area contributed by atoms with Crippen LogP contribution in [0.25, 0.3) is 11.2 Å². The second-order valence-corrected chi connectivity index (χ2v) is 13.3. The summed E-state index contributed by atoms with van der Waals surface area (Å²) in [6.07, 6.45) is -13.3. The van der Waals surface area contributed by atoms with Gasteiger partial charge >= 0.3 is 15.6 Å². The molecule has 5 rings (SSSR count). The van der Waals surface area contributed by atoms with Crippen molar-refractivity contribution >= 4 is 32.6 Å². The number of anilines is 1. The van der Waals surface area contributed by atoms with Crippen molar-refractivity contribution in [1.82, 2.24) is 19.5 Å². The molecule has 0 bridgehead atoms. The normalized spacial score (nSPS) is 36.4. The Bertz CT molecular complexity index is 1410. The lowest BCUT2D eigenvalue weighted by Gasteiger charge is -2.41. The van der Waals surface area contributed by atoms with Gasteiger partial charge in [0.25, 0.3) is 0 Å². The van der Waals surface area contributed by atoms with E-state index in [4.69, 9.17) is 33.7 Å². The number of aliphatic hydroxyl groups excluding tert-OH is 5. The molecule has 0 aromatic carbocycles. The minimum atomic E-state index is -5.62. The number of nitrogens with zero attached hydrogens (tertiary/aromatic N) is 4. The fourth-order valence-corrected chi connectivity index (χ4v) is 7.16. The first-order chi connectivity index (χ1) is 20.0. The molecule has 0 aliphatic carbocycles. The molecule has 23 heteroatoms. The number of aliphatic hydroxyl groups is 5. The maximum atomic E-state index is 13.5. The van der Waals surface area contributed by atoms with Gasteiger partial charge in [0.05, 0.1) is 19.5 Å². The van der Waals surface area contributed by atoms with Crippen molar-refractivity contribution in [2.45, 2.75) is 81.0 Å². The van der Waals surface area contributed by atoms with Gasteiger partial charge in [-0.05, 0) is 13.8 Å². The van der Waals surface area contributed by atoms with Gasteiger partial charge in [-0.1, -0.05) is 0 Å². The second kappa shape index (κ2) is 11.9. The van der Waals surface area contributed by atoms with Gasteiger partial charge in [0, 0.05) is 0 Å². The largest absolute Gasteiger partial charge is 0.486 e. The Morgan fingerprint density at radius 2 is 1.77 bits per heavy atom. The van der Waals surface area contributed by atoms with E-state index in [0.717, 1.165) is 0 Å². The topological polar surface area (TPSA) is 310 Å². The standard InChI is InChI=1S/C20H31N5O16P2/c1-20(2)38-14-8(36-18(15(14)39-20)25-6-24-9-16(21)22-5-23-17(9)25)4-35-43(34,41-42(31,32)33)40-19-12(30)10(28)11(29)13(37-19)7(27)3-26/h5-8,10-15,18-19,26-30H,3-4H2,1-2H3,(H2,21,22,23)(H2,31,32,33)/t7-,8-,10+,11+,12+,13-,14-,15-,18-,19+,43?/m1/s1. The number of fused-ring (bicyclic) bond motifs is 2. The van der Waals surface area contributed by atoms with E-state index in [1.54, 1.807) is 13.8 Å². The maximum absolute atomic E-state index is 13.5. The van der Waals surface area contributed by atoms with Crippen LogP contribution in [0.4, 0.5) is 5.82 Å². The van der Waals surface area contributed by atoms with Gasteiger partial charge in [-0.15, -0.1) is 0 Å². The van der Waals surface area contributed by atoms with E-state index in [2.05, 4.69) is 19.3 Å². The molecule has 11 atom stereocenters. The molecule has 5 heterocycles. The highest BCUT2D eigenvalue weighted by Gasteiger charge is 2.57. The van der Waals surface area contributed by atoms with Gasteiger partial charge in [0.1, 0.15) is 60.7 Å². The van der Waals surface area contributed by atoms with Gasteiger partial charge in [-0.3, -0.25) is 13.6 Å². The van der Waals surface area contributed by atoms with E-state index >= 15 is 0 Å². The van der Waals surface area contributed by atoms with Crippen molar-refractivity contribution in [3.8, 4) is 0 Å². The number of hydrogen-bond donors (Lipinski definition) is 8. The predicted octanol–water partition coefficient (Wildman–Crippen LogP) is -2.76. The number of phosphoric ester groups is 1. The van der Waals surface area contributed by atoms with E-state index in [-0.39, 0.29) is 17.0 Å². The SMILES string of the molecule is CC1(C)O[C@@H]2[C@H](O1)[C@@H](COP(=O)(O[C@@H]1O[C@H]([C@H](O)CO)[C@@H](O)[C@H](O)[C@@H]1O)OP(=O)(O)O)O[C@H]2n1cnc2c(N)ncnc21. The van der Waals surface area contributed by atoms with Crippen molar-refractivity contribution in [3.05, 3.63) is 12.7 Å². The van der Waals surface area contributed by atoms with Gasteiger partial charge in [-0.25, -0.2) is 24.1 Å². The molecule has 3 saturated heterocycles. The molecule has 0 saturated carbocycles. The summed E-state index contributed by atoms with van der Waals surface area (Å²) in [7, 11) is -11.0. The number of ether oxygens (including phenoxy) is 4. The minimum absolute atomic E-state index is 0.105. The number of nitrogens with two attached hydrogens (primary N) is 1. The molecular formula is C20H31N5O16P2. The van der Waals surface area contributed by atoms with E-state index in [1.165, 1.54) is 17.2 Å². The second-order valence-electron chi connectivity index (χ2n) is 10.3. The summed E-state index contributed by atoms with van der Waals surface area (Å²) in [5.74, 6) is -1.03. The first-order valence-corrected chi connectivity index (χ1v) is 15.6. The molecule has 0 radical (unpaired) electrons. The summed E-state index contributed by atoms with van der Waals surface area (Å²) < 4.78 is 64.3. The lowest BCUT2D eigenvalue weighted by molar-refractivity contribution is -0.293. The Kier molecular flexibility index (Phi) is 9.02. The third-order valence-electron chi connectivity index (χ3n) is 6.80. The minimum Gasteiger partial charge on any atom is -0.394 e. The molecule has 1 unspecified atom stereocenters. The Labute approximate surface area is 241 Å². The van der Waals surface area contributed by atoms with E-state index < -0.39 is 96.0 Å². The van der Waals surface area contributed by atoms with Crippen LogP contribution >= 0.6 is 15.6 Å². The average molecular weight is 659 g/mol. The third kappa shape index (κ3) is 6.63. The number of rotatable bonds is 10. The van der Waals surface area contributed by atoms with Crippen molar-refractivity contribution in [1.29, 1.82) is 0 Å². The highest BCUT2D eigenvalue weighted by Crippen LogP contribution is 2.62. The summed E-state index contributed by atoms with van der Waals surface area (Å²) in [4.78, 5) is 31.1. The van der Waals surface area contributed by atoms with E-state index in [0.29, 0.717) is 0 Å². The quantitative estimate of drug-likeness (QED) is 0.120. The van der Waals surface area contributed by atoms with Crippen LogP contribution in [0.3, 0.4) is 0 Å². The summed E-state index contributed by atoms with van der Waals surface area (Å²) in [5, 5.41) is 49.7.